The summed E-state index contributed by atoms with van der Waals surface area (Å²) in [4.78, 5) is 0. The van der Waals surface area contributed by atoms with E-state index < -0.39 is 0 Å². The van der Waals surface area contributed by atoms with Gasteiger partial charge in [-0.05, 0) is 24.3 Å². The highest BCUT2D eigenvalue weighted by molar-refractivity contribution is 5.95. The molecule has 4 heteroatoms. The van der Waals surface area contributed by atoms with E-state index in [-0.39, 0.29) is 5.82 Å². The summed E-state index contributed by atoms with van der Waals surface area (Å²) in [7, 11) is 1.97. The van der Waals surface area contributed by atoms with E-state index in [9.17, 15) is 4.39 Å². The molecule has 3 nitrogen and oxygen atoms in total. The quantitative estimate of drug-likeness (QED) is 0.686. The maximum Gasteiger partial charge on any atom is 0.125 e. The smallest absolute Gasteiger partial charge is 0.125 e. The molecular weight excluding hydrogens is 241 g/mol. The number of nitrogens with two attached hydrogens (primary N) is 1. The van der Waals surface area contributed by atoms with Gasteiger partial charge in [0.25, 0.3) is 0 Å². The molecule has 3 aromatic rings. The lowest BCUT2D eigenvalue weighted by Crippen LogP contribution is -1.96. The van der Waals surface area contributed by atoms with Gasteiger partial charge in [-0.2, -0.15) is 0 Å². The van der Waals surface area contributed by atoms with Gasteiger partial charge in [-0.3, -0.25) is 0 Å². The number of benzene rings is 2. The predicted molar refractivity (Wildman–Crippen MR) is 77.0 cm³/mol. The zero-order chi connectivity index (χ0) is 13.4. The lowest BCUT2D eigenvalue weighted by Gasteiger charge is -2.08. The second-order valence-electron chi connectivity index (χ2n) is 4.53. The van der Waals surface area contributed by atoms with E-state index in [0.29, 0.717) is 11.4 Å². The summed E-state index contributed by atoms with van der Waals surface area (Å²) >= 11 is 0. The average Bonchev–Trinajstić information content (AvgIpc) is 2.72. The van der Waals surface area contributed by atoms with Gasteiger partial charge in [-0.15, -0.1) is 0 Å². The van der Waals surface area contributed by atoms with Crippen molar-refractivity contribution >= 4 is 28.0 Å². The van der Waals surface area contributed by atoms with Crippen LogP contribution in [0, 0.1) is 5.82 Å². The largest absolute Gasteiger partial charge is 0.397 e. The summed E-state index contributed by atoms with van der Waals surface area (Å²) < 4.78 is 15.3. The summed E-state index contributed by atoms with van der Waals surface area (Å²) in [5.41, 5.74) is 8.98. The number of aromatic nitrogens is 1. The molecule has 0 aliphatic carbocycles. The standard InChI is InChI=1S/C15H14FN3/c1-19-9-14(11-4-2-3-5-15(11)19)18-13-8-10(16)6-7-12(13)17/h2-9,18H,17H2,1H3. The summed E-state index contributed by atoms with van der Waals surface area (Å²) in [6.07, 6.45) is 1.97. The molecule has 0 radical (unpaired) electrons. The Labute approximate surface area is 110 Å². The number of anilines is 3. The first-order valence-electron chi connectivity index (χ1n) is 6.01. The van der Waals surface area contributed by atoms with Gasteiger partial charge in [0.1, 0.15) is 5.82 Å². The summed E-state index contributed by atoms with van der Waals surface area (Å²) in [6, 6.07) is 12.3. The lowest BCUT2D eigenvalue weighted by molar-refractivity contribution is 0.628. The fourth-order valence-corrected chi connectivity index (χ4v) is 2.22. The number of nitrogens with zero attached hydrogens (tertiary/aromatic N) is 1. The van der Waals surface area contributed by atoms with Gasteiger partial charge in [0.15, 0.2) is 0 Å². The molecule has 0 bridgehead atoms. The Morgan fingerprint density at radius 3 is 2.74 bits per heavy atom. The molecule has 0 saturated heterocycles. The van der Waals surface area contributed by atoms with Crippen molar-refractivity contribution in [2.75, 3.05) is 11.1 Å². The molecule has 0 atom stereocenters. The maximum absolute atomic E-state index is 13.3. The topological polar surface area (TPSA) is 43.0 Å². The van der Waals surface area contributed by atoms with Crippen LogP contribution in [-0.4, -0.2) is 4.57 Å². The van der Waals surface area contributed by atoms with Crippen molar-refractivity contribution in [3.8, 4) is 0 Å². The van der Waals surface area contributed by atoms with E-state index in [1.165, 1.54) is 12.1 Å². The van der Waals surface area contributed by atoms with Gasteiger partial charge < -0.3 is 15.6 Å². The van der Waals surface area contributed by atoms with Crippen molar-refractivity contribution in [3.63, 3.8) is 0 Å². The number of nitrogen functional groups attached to an aromatic ring is 1. The number of halogens is 1. The highest BCUT2D eigenvalue weighted by atomic mass is 19.1. The molecule has 0 spiro atoms. The Balaban J connectivity index is 2.08. The van der Waals surface area contributed by atoms with E-state index in [4.69, 9.17) is 5.73 Å². The zero-order valence-electron chi connectivity index (χ0n) is 10.5. The van der Waals surface area contributed by atoms with Crippen LogP contribution in [0.15, 0.2) is 48.7 Å². The van der Waals surface area contributed by atoms with E-state index in [0.717, 1.165) is 16.6 Å². The van der Waals surface area contributed by atoms with Crippen LogP contribution in [0.4, 0.5) is 21.5 Å². The Morgan fingerprint density at radius 2 is 1.89 bits per heavy atom. The van der Waals surface area contributed by atoms with E-state index >= 15 is 0 Å². The molecule has 0 aliphatic rings. The lowest BCUT2D eigenvalue weighted by atomic mass is 10.2. The van der Waals surface area contributed by atoms with Crippen molar-refractivity contribution in [2.24, 2.45) is 7.05 Å². The fourth-order valence-electron chi connectivity index (χ4n) is 2.22. The summed E-state index contributed by atoms with van der Waals surface area (Å²) in [5.74, 6) is -0.308. The third-order valence-corrected chi connectivity index (χ3v) is 3.18. The first-order valence-corrected chi connectivity index (χ1v) is 6.01. The second-order valence-corrected chi connectivity index (χ2v) is 4.53. The molecule has 0 unspecified atom stereocenters. The van der Waals surface area contributed by atoms with Crippen LogP contribution >= 0.6 is 0 Å². The summed E-state index contributed by atoms with van der Waals surface area (Å²) in [5, 5.41) is 4.27. The number of nitrogens with one attached hydrogen (secondary N) is 1. The normalized spacial score (nSPS) is 10.8. The van der Waals surface area contributed by atoms with Crippen molar-refractivity contribution in [3.05, 3.63) is 54.5 Å². The first-order chi connectivity index (χ1) is 9.15. The molecule has 0 amide bonds. The minimum atomic E-state index is -0.308. The van der Waals surface area contributed by atoms with Crippen LogP contribution in [0.3, 0.4) is 0 Å². The van der Waals surface area contributed by atoms with Crippen molar-refractivity contribution < 1.29 is 4.39 Å². The van der Waals surface area contributed by atoms with Gasteiger partial charge in [0.05, 0.1) is 17.1 Å². The zero-order valence-corrected chi connectivity index (χ0v) is 10.5. The molecule has 3 rings (SSSR count). The van der Waals surface area contributed by atoms with Gasteiger partial charge in [-0.1, -0.05) is 18.2 Å². The van der Waals surface area contributed by atoms with Crippen LogP contribution in [0.5, 0.6) is 0 Å². The number of fused-ring (bicyclic) bond motifs is 1. The SMILES string of the molecule is Cn1cc(Nc2cc(F)ccc2N)c2ccccc21. The van der Waals surface area contributed by atoms with Gasteiger partial charge in [-0.25, -0.2) is 4.39 Å². The molecular formula is C15H14FN3. The van der Waals surface area contributed by atoms with E-state index in [2.05, 4.69) is 5.32 Å². The fraction of sp³-hybridized carbons (Fsp3) is 0.0667. The number of hydrogen-bond acceptors (Lipinski definition) is 2. The van der Waals surface area contributed by atoms with Gasteiger partial charge in [0, 0.05) is 24.1 Å². The van der Waals surface area contributed by atoms with E-state index in [1.807, 2.05) is 42.1 Å². The molecule has 19 heavy (non-hydrogen) atoms. The monoisotopic (exact) mass is 255 g/mol. The Kier molecular flexibility index (Phi) is 2.63. The molecule has 1 heterocycles. The molecule has 0 aliphatic heterocycles. The highest BCUT2D eigenvalue weighted by Crippen LogP contribution is 2.30. The maximum atomic E-state index is 13.3. The first kappa shape index (κ1) is 11.6. The average molecular weight is 255 g/mol. The third-order valence-electron chi connectivity index (χ3n) is 3.18. The number of rotatable bonds is 2. The van der Waals surface area contributed by atoms with Crippen LogP contribution in [0.25, 0.3) is 10.9 Å². The molecule has 0 fully saturated rings. The van der Waals surface area contributed by atoms with Crippen LogP contribution in [-0.2, 0) is 7.05 Å². The highest BCUT2D eigenvalue weighted by Gasteiger charge is 2.08. The van der Waals surface area contributed by atoms with Crippen LogP contribution < -0.4 is 11.1 Å². The molecule has 96 valence electrons. The minimum Gasteiger partial charge on any atom is -0.397 e. The molecule has 3 N–H and O–H groups in total. The van der Waals surface area contributed by atoms with Crippen molar-refractivity contribution in [1.82, 2.24) is 4.57 Å². The minimum absolute atomic E-state index is 0.308. The Morgan fingerprint density at radius 1 is 1.11 bits per heavy atom. The second kappa shape index (κ2) is 4.31. The van der Waals surface area contributed by atoms with Crippen LogP contribution in [0.1, 0.15) is 0 Å². The van der Waals surface area contributed by atoms with Crippen molar-refractivity contribution in [1.29, 1.82) is 0 Å². The molecule has 0 saturated carbocycles. The predicted octanol–water partition coefficient (Wildman–Crippen LogP) is 3.64. The number of hydrogen-bond donors (Lipinski definition) is 2. The van der Waals surface area contributed by atoms with Gasteiger partial charge in [0.2, 0.25) is 0 Å². The Hall–Kier alpha value is -2.49. The van der Waals surface area contributed by atoms with Crippen LogP contribution in [0.2, 0.25) is 0 Å². The Bertz CT molecular complexity index is 746. The van der Waals surface area contributed by atoms with Gasteiger partial charge >= 0.3 is 0 Å². The molecule has 2 aromatic carbocycles. The third kappa shape index (κ3) is 2.01. The number of aryl methyl sites for hydroxylation is 1. The van der Waals surface area contributed by atoms with E-state index in [1.54, 1.807) is 6.07 Å². The summed E-state index contributed by atoms with van der Waals surface area (Å²) in [6.45, 7) is 0. The number of para-hydroxylation sites is 1. The molecule has 1 aromatic heterocycles. The van der Waals surface area contributed by atoms with Crippen molar-refractivity contribution in [2.45, 2.75) is 0 Å².